The van der Waals surface area contributed by atoms with Gasteiger partial charge in [0.1, 0.15) is 5.82 Å². The summed E-state index contributed by atoms with van der Waals surface area (Å²) in [6.45, 7) is 8.31. The summed E-state index contributed by atoms with van der Waals surface area (Å²) in [4.78, 5) is 26.3. The molecule has 1 heterocycles. The molecule has 2 amide bonds. The molecule has 0 unspecified atom stereocenters. The van der Waals surface area contributed by atoms with Crippen molar-refractivity contribution in [2.45, 2.75) is 33.2 Å². The highest BCUT2D eigenvalue weighted by molar-refractivity contribution is 5.95. The van der Waals surface area contributed by atoms with Crippen LogP contribution in [0.4, 0.5) is 4.39 Å². The molecule has 2 rings (SSSR count). The summed E-state index contributed by atoms with van der Waals surface area (Å²) in [5, 5.41) is 5.75. The normalized spacial score (nSPS) is 20.7. The van der Waals surface area contributed by atoms with Crippen LogP contribution in [-0.4, -0.2) is 49.4 Å². The van der Waals surface area contributed by atoms with Gasteiger partial charge in [0.25, 0.3) is 5.91 Å². The van der Waals surface area contributed by atoms with Crippen LogP contribution < -0.4 is 10.6 Å². The number of halogens is 1. The minimum absolute atomic E-state index is 0.0236. The number of benzene rings is 1. The second kappa shape index (κ2) is 8.43. The van der Waals surface area contributed by atoms with E-state index in [1.807, 2.05) is 0 Å². The summed E-state index contributed by atoms with van der Waals surface area (Å²) in [6.07, 6.45) is 0.457. The molecule has 0 aromatic heterocycles. The summed E-state index contributed by atoms with van der Waals surface area (Å²) in [5.74, 6) is 0.270. The third-order valence-electron chi connectivity index (χ3n) is 4.98. The number of hydrogen-bond donors (Lipinski definition) is 2. The van der Waals surface area contributed by atoms with Crippen molar-refractivity contribution in [3.8, 4) is 0 Å². The van der Waals surface area contributed by atoms with Crippen LogP contribution in [0.1, 0.15) is 36.2 Å². The Bertz CT molecular complexity index is 633. The van der Waals surface area contributed by atoms with Gasteiger partial charge in [-0.3, -0.25) is 9.59 Å². The number of carbonyl (C=O) groups excluding carboxylic acids is 2. The number of likely N-dealkylation sites (tertiary alicyclic amines) is 1. The van der Waals surface area contributed by atoms with Gasteiger partial charge in [0, 0.05) is 44.7 Å². The van der Waals surface area contributed by atoms with Gasteiger partial charge in [0.05, 0.1) is 0 Å². The van der Waals surface area contributed by atoms with E-state index in [-0.39, 0.29) is 23.7 Å². The third-order valence-corrected chi connectivity index (χ3v) is 4.98. The Morgan fingerprint density at radius 3 is 2.64 bits per heavy atom. The molecule has 1 aromatic carbocycles. The van der Waals surface area contributed by atoms with Gasteiger partial charge in [-0.25, -0.2) is 4.39 Å². The first-order valence-corrected chi connectivity index (χ1v) is 8.81. The SMILES string of the molecule is CNC(=O)CCN1C[C@H](NC(=O)c2ccc(F)cc2C)[C@@H](C(C)C)C1. The molecule has 1 fully saturated rings. The summed E-state index contributed by atoms with van der Waals surface area (Å²) >= 11 is 0. The van der Waals surface area contributed by atoms with Gasteiger partial charge in [-0.1, -0.05) is 13.8 Å². The van der Waals surface area contributed by atoms with Crippen LogP contribution in [0.15, 0.2) is 18.2 Å². The summed E-state index contributed by atoms with van der Waals surface area (Å²) in [7, 11) is 1.64. The average Bonchev–Trinajstić information content (AvgIpc) is 2.95. The fraction of sp³-hybridized carbons (Fsp3) is 0.579. The number of amides is 2. The van der Waals surface area contributed by atoms with Gasteiger partial charge < -0.3 is 15.5 Å². The standard InChI is InChI=1S/C19H28FN3O2/c1-12(2)16-10-23(8-7-18(24)21-4)11-17(16)22-19(25)15-6-5-14(20)9-13(15)3/h5-6,9,12,16-17H,7-8,10-11H2,1-4H3,(H,21,24)(H,22,25)/t16-,17+/m1/s1. The van der Waals surface area contributed by atoms with Crippen LogP contribution in [0.3, 0.4) is 0 Å². The van der Waals surface area contributed by atoms with Gasteiger partial charge >= 0.3 is 0 Å². The van der Waals surface area contributed by atoms with Crippen molar-refractivity contribution in [1.29, 1.82) is 0 Å². The maximum absolute atomic E-state index is 13.2. The summed E-state index contributed by atoms with van der Waals surface area (Å²) in [6, 6.07) is 4.25. The van der Waals surface area contributed by atoms with E-state index >= 15 is 0 Å². The Morgan fingerprint density at radius 2 is 2.04 bits per heavy atom. The first kappa shape index (κ1) is 19.4. The lowest BCUT2D eigenvalue weighted by atomic mass is 9.91. The quantitative estimate of drug-likeness (QED) is 0.825. The Balaban J connectivity index is 2.03. The van der Waals surface area contributed by atoms with Crippen LogP contribution in [0.2, 0.25) is 0 Å². The smallest absolute Gasteiger partial charge is 0.251 e. The van der Waals surface area contributed by atoms with Gasteiger partial charge in [-0.05, 0) is 42.5 Å². The molecule has 138 valence electrons. The van der Waals surface area contributed by atoms with Crippen molar-refractivity contribution in [2.75, 3.05) is 26.7 Å². The molecule has 2 N–H and O–H groups in total. The minimum atomic E-state index is -0.338. The van der Waals surface area contributed by atoms with E-state index in [0.29, 0.717) is 35.9 Å². The Hall–Kier alpha value is -1.95. The van der Waals surface area contributed by atoms with Crippen LogP contribution in [0.5, 0.6) is 0 Å². The van der Waals surface area contributed by atoms with Gasteiger partial charge in [0.2, 0.25) is 5.91 Å². The first-order valence-electron chi connectivity index (χ1n) is 8.81. The lowest BCUT2D eigenvalue weighted by Gasteiger charge is -2.23. The molecular weight excluding hydrogens is 321 g/mol. The van der Waals surface area contributed by atoms with Crippen LogP contribution in [0.25, 0.3) is 0 Å². The minimum Gasteiger partial charge on any atom is -0.359 e. The zero-order valence-electron chi connectivity index (χ0n) is 15.4. The van der Waals surface area contributed by atoms with Crippen LogP contribution in [-0.2, 0) is 4.79 Å². The molecular formula is C19H28FN3O2. The van der Waals surface area contributed by atoms with Gasteiger partial charge in [0.15, 0.2) is 0 Å². The van der Waals surface area contributed by atoms with Crippen LogP contribution >= 0.6 is 0 Å². The molecule has 1 saturated heterocycles. The number of nitrogens with zero attached hydrogens (tertiary/aromatic N) is 1. The van der Waals surface area contributed by atoms with E-state index in [9.17, 15) is 14.0 Å². The maximum atomic E-state index is 13.2. The molecule has 1 aliphatic heterocycles. The third kappa shape index (κ3) is 5.01. The predicted octanol–water partition coefficient (Wildman–Crippen LogP) is 1.96. The molecule has 6 heteroatoms. The molecule has 0 aliphatic carbocycles. The number of aryl methyl sites for hydroxylation is 1. The molecule has 5 nitrogen and oxygen atoms in total. The van der Waals surface area contributed by atoms with E-state index in [4.69, 9.17) is 0 Å². The fourth-order valence-corrected chi connectivity index (χ4v) is 3.44. The number of carbonyl (C=O) groups is 2. The largest absolute Gasteiger partial charge is 0.359 e. The van der Waals surface area contributed by atoms with Crippen molar-refractivity contribution in [3.05, 3.63) is 35.1 Å². The average molecular weight is 349 g/mol. The fourth-order valence-electron chi connectivity index (χ4n) is 3.44. The molecule has 1 aliphatic rings. The predicted molar refractivity (Wildman–Crippen MR) is 95.8 cm³/mol. The summed E-state index contributed by atoms with van der Waals surface area (Å²) in [5.41, 5.74) is 1.14. The van der Waals surface area contributed by atoms with Gasteiger partial charge in [-0.15, -0.1) is 0 Å². The second-order valence-electron chi connectivity index (χ2n) is 7.13. The highest BCUT2D eigenvalue weighted by Gasteiger charge is 2.35. The lowest BCUT2D eigenvalue weighted by molar-refractivity contribution is -0.120. The van der Waals surface area contributed by atoms with E-state index in [2.05, 4.69) is 29.4 Å². The Kier molecular flexibility index (Phi) is 6.53. The van der Waals surface area contributed by atoms with E-state index in [0.717, 1.165) is 13.1 Å². The van der Waals surface area contributed by atoms with Crippen molar-refractivity contribution in [1.82, 2.24) is 15.5 Å². The van der Waals surface area contributed by atoms with Crippen LogP contribution in [0, 0.1) is 24.6 Å². The van der Waals surface area contributed by atoms with Crippen molar-refractivity contribution < 1.29 is 14.0 Å². The number of nitrogens with one attached hydrogen (secondary N) is 2. The molecule has 0 radical (unpaired) electrons. The van der Waals surface area contributed by atoms with E-state index < -0.39 is 0 Å². The van der Waals surface area contributed by atoms with Crippen molar-refractivity contribution in [2.24, 2.45) is 11.8 Å². The highest BCUT2D eigenvalue weighted by atomic mass is 19.1. The molecule has 0 saturated carbocycles. The topological polar surface area (TPSA) is 61.4 Å². The van der Waals surface area contributed by atoms with Crippen molar-refractivity contribution >= 4 is 11.8 Å². The van der Waals surface area contributed by atoms with E-state index in [1.165, 1.54) is 18.2 Å². The van der Waals surface area contributed by atoms with Crippen molar-refractivity contribution in [3.63, 3.8) is 0 Å². The van der Waals surface area contributed by atoms with Gasteiger partial charge in [-0.2, -0.15) is 0 Å². The molecule has 0 bridgehead atoms. The summed E-state index contributed by atoms with van der Waals surface area (Å²) < 4.78 is 13.2. The first-order chi connectivity index (χ1) is 11.8. The Labute approximate surface area is 149 Å². The number of hydrogen-bond acceptors (Lipinski definition) is 3. The second-order valence-corrected chi connectivity index (χ2v) is 7.13. The maximum Gasteiger partial charge on any atom is 0.251 e. The van der Waals surface area contributed by atoms with E-state index in [1.54, 1.807) is 14.0 Å². The zero-order valence-corrected chi connectivity index (χ0v) is 15.4. The zero-order chi connectivity index (χ0) is 18.6. The molecule has 2 atom stereocenters. The lowest BCUT2D eigenvalue weighted by Crippen LogP contribution is -2.42. The monoisotopic (exact) mass is 349 g/mol. The Morgan fingerprint density at radius 1 is 1.32 bits per heavy atom. The highest BCUT2D eigenvalue weighted by Crippen LogP contribution is 2.25. The molecule has 25 heavy (non-hydrogen) atoms. The molecule has 1 aromatic rings. The molecule has 0 spiro atoms. The number of rotatable bonds is 6.